The van der Waals surface area contributed by atoms with E-state index in [1.807, 2.05) is 6.92 Å². The average molecular weight is 388 g/mol. The molecule has 2 amide bonds. The Labute approximate surface area is 164 Å². The predicted octanol–water partition coefficient (Wildman–Crippen LogP) is 1.72. The molecule has 0 spiro atoms. The number of benzene rings is 1. The molecule has 1 fully saturated rings. The van der Waals surface area contributed by atoms with Gasteiger partial charge in [0.15, 0.2) is 0 Å². The number of aliphatic carboxylic acids is 1. The fourth-order valence-corrected chi connectivity index (χ4v) is 3.37. The maximum Gasteiger partial charge on any atom is 0.303 e. The molecule has 1 aliphatic heterocycles. The molecule has 28 heavy (non-hydrogen) atoms. The van der Waals surface area contributed by atoms with Gasteiger partial charge in [-0.3, -0.25) is 19.8 Å². The van der Waals surface area contributed by atoms with Crippen LogP contribution in [0.1, 0.15) is 44.6 Å². The van der Waals surface area contributed by atoms with Gasteiger partial charge in [-0.05, 0) is 49.4 Å². The van der Waals surface area contributed by atoms with Crippen molar-refractivity contribution in [3.8, 4) is 0 Å². The number of hydrogen-bond donors (Lipinski definition) is 4. The molecular formula is C20H28N4O4. The molecule has 0 bridgehead atoms. The minimum Gasteiger partial charge on any atom is -0.481 e. The maximum absolute atomic E-state index is 12.8. The third kappa shape index (κ3) is 6.07. The van der Waals surface area contributed by atoms with E-state index < -0.39 is 5.97 Å². The number of nitrogens with zero attached hydrogens (tertiary/aromatic N) is 1. The quantitative estimate of drug-likeness (QED) is 0.377. The zero-order chi connectivity index (χ0) is 20.7. The van der Waals surface area contributed by atoms with E-state index in [-0.39, 0.29) is 42.3 Å². The van der Waals surface area contributed by atoms with Crippen LogP contribution in [0.25, 0.3) is 0 Å². The summed E-state index contributed by atoms with van der Waals surface area (Å²) in [6.07, 6.45) is 2.28. The van der Waals surface area contributed by atoms with Crippen molar-refractivity contribution in [3.63, 3.8) is 0 Å². The van der Waals surface area contributed by atoms with Gasteiger partial charge in [-0.15, -0.1) is 0 Å². The van der Waals surface area contributed by atoms with Crippen LogP contribution in [0.5, 0.6) is 0 Å². The van der Waals surface area contributed by atoms with E-state index in [0.717, 1.165) is 12.1 Å². The molecule has 8 nitrogen and oxygen atoms in total. The average Bonchev–Trinajstić information content (AvgIpc) is 2.63. The molecule has 2 rings (SSSR count). The molecule has 0 saturated carbocycles. The monoisotopic (exact) mass is 388 g/mol. The molecule has 0 radical (unpaired) electrons. The Balaban J connectivity index is 1.87. The number of carbonyl (C=O) groups excluding carboxylic acids is 2. The van der Waals surface area contributed by atoms with Crippen LogP contribution in [0.3, 0.4) is 0 Å². The molecule has 152 valence electrons. The number of carboxylic acids is 1. The first-order valence-corrected chi connectivity index (χ1v) is 9.52. The van der Waals surface area contributed by atoms with Crippen molar-refractivity contribution < 1.29 is 19.5 Å². The number of rotatable bonds is 9. The predicted molar refractivity (Wildman–Crippen MR) is 106 cm³/mol. The molecule has 2 atom stereocenters. The lowest BCUT2D eigenvalue weighted by Gasteiger charge is -2.32. The number of nitrogens with one attached hydrogen (secondary N) is 2. The number of nitrogen functional groups attached to an aromatic ring is 1. The third-order valence-electron chi connectivity index (χ3n) is 4.95. The molecule has 0 aliphatic carbocycles. The van der Waals surface area contributed by atoms with Gasteiger partial charge in [0, 0.05) is 43.1 Å². The van der Waals surface area contributed by atoms with Gasteiger partial charge in [-0.25, -0.2) is 0 Å². The summed E-state index contributed by atoms with van der Waals surface area (Å²) in [4.78, 5) is 37.3. The summed E-state index contributed by atoms with van der Waals surface area (Å²) >= 11 is 0. The summed E-state index contributed by atoms with van der Waals surface area (Å²) in [5, 5.41) is 19.0. The maximum atomic E-state index is 12.8. The molecule has 1 saturated heterocycles. The van der Waals surface area contributed by atoms with Gasteiger partial charge in [0.25, 0.3) is 0 Å². The van der Waals surface area contributed by atoms with Crippen LogP contribution < -0.4 is 16.0 Å². The lowest BCUT2D eigenvalue weighted by atomic mass is 9.93. The Hall–Kier alpha value is -2.90. The second-order valence-corrected chi connectivity index (χ2v) is 7.34. The largest absolute Gasteiger partial charge is 0.481 e. The Kier molecular flexibility index (Phi) is 7.54. The normalized spacial score (nSPS) is 17.8. The van der Waals surface area contributed by atoms with Crippen molar-refractivity contribution in [2.75, 3.05) is 18.0 Å². The lowest BCUT2D eigenvalue weighted by molar-refractivity contribution is -0.138. The first-order valence-electron chi connectivity index (χ1n) is 9.52. The van der Waals surface area contributed by atoms with Crippen molar-refractivity contribution in [2.45, 2.75) is 39.0 Å². The van der Waals surface area contributed by atoms with Crippen molar-refractivity contribution in [2.24, 2.45) is 17.6 Å². The number of nitrogens with two attached hydrogens (primary N) is 1. The van der Waals surface area contributed by atoms with Crippen molar-refractivity contribution >= 4 is 29.3 Å². The first-order chi connectivity index (χ1) is 13.3. The van der Waals surface area contributed by atoms with E-state index >= 15 is 0 Å². The van der Waals surface area contributed by atoms with E-state index in [2.05, 4.69) is 5.32 Å². The van der Waals surface area contributed by atoms with Gasteiger partial charge in [0.1, 0.15) is 5.84 Å². The molecule has 8 heteroatoms. The zero-order valence-electron chi connectivity index (χ0n) is 16.1. The Bertz CT molecular complexity index is 732. The molecular weight excluding hydrogens is 360 g/mol. The van der Waals surface area contributed by atoms with Crippen molar-refractivity contribution in [1.82, 2.24) is 5.32 Å². The highest BCUT2D eigenvalue weighted by Gasteiger charge is 2.31. The molecule has 1 aliphatic rings. The number of piperidine rings is 1. The molecule has 2 unspecified atom stereocenters. The zero-order valence-corrected chi connectivity index (χ0v) is 16.1. The highest BCUT2D eigenvalue weighted by molar-refractivity contribution is 5.99. The fraction of sp³-hybridized carbons (Fsp3) is 0.500. The highest BCUT2D eigenvalue weighted by atomic mass is 16.4. The SMILES string of the molecule is CC(CCNC(=O)CC1CCCN(c2ccc(C(=N)N)cc2)C1=O)CC(=O)O. The van der Waals surface area contributed by atoms with Gasteiger partial charge in [0.05, 0.1) is 0 Å². The molecule has 1 aromatic carbocycles. The van der Waals surface area contributed by atoms with Gasteiger partial charge >= 0.3 is 5.97 Å². The molecule has 5 N–H and O–H groups in total. The minimum absolute atomic E-state index is 0.0115. The van der Waals surface area contributed by atoms with E-state index in [4.69, 9.17) is 16.2 Å². The van der Waals surface area contributed by atoms with Crippen LogP contribution in [0.15, 0.2) is 24.3 Å². The molecule has 1 heterocycles. The summed E-state index contributed by atoms with van der Waals surface area (Å²) in [6.45, 7) is 2.84. The number of carboxylic acid groups (broad SMARTS) is 1. The van der Waals surface area contributed by atoms with Crippen LogP contribution in [0, 0.1) is 17.2 Å². The van der Waals surface area contributed by atoms with Crippen LogP contribution in [0.4, 0.5) is 5.69 Å². The topological polar surface area (TPSA) is 137 Å². The Morgan fingerprint density at radius 3 is 2.64 bits per heavy atom. The molecule has 1 aromatic rings. The Morgan fingerprint density at radius 1 is 1.36 bits per heavy atom. The summed E-state index contributed by atoms with van der Waals surface area (Å²) in [7, 11) is 0. The first kappa shape index (κ1) is 21.4. The van der Waals surface area contributed by atoms with E-state index in [9.17, 15) is 14.4 Å². The minimum atomic E-state index is -0.844. The van der Waals surface area contributed by atoms with Crippen LogP contribution in [0.2, 0.25) is 0 Å². The van der Waals surface area contributed by atoms with Gasteiger partial charge < -0.3 is 21.1 Å². The number of carbonyl (C=O) groups is 3. The second kappa shape index (κ2) is 9.87. The Morgan fingerprint density at radius 2 is 2.04 bits per heavy atom. The standard InChI is InChI=1S/C20H28N4O4/c1-13(11-18(26)27)8-9-23-17(25)12-15-3-2-10-24(20(15)28)16-6-4-14(5-7-16)19(21)22/h4-7,13,15H,2-3,8-12H2,1H3,(H3,21,22)(H,23,25)(H,26,27). The number of amidine groups is 1. The van der Waals surface area contributed by atoms with Crippen LogP contribution >= 0.6 is 0 Å². The van der Waals surface area contributed by atoms with E-state index in [0.29, 0.717) is 31.5 Å². The summed E-state index contributed by atoms with van der Waals surface area (Å²) in [6, 6.07) is 6.95. The summed E-state index contributed by atoms with van der Waals surface area (Å²) in [5.41, 5.74) is 6.79. The summed E-state index contributed by atoms with van der Waals surface area (Å²) in [5.74, 6) is -1.50. The lowest BCUT2D eigenvalue weighted by Crippen LogP contribution is -2.43. The van der Waals surface area contributed by atoms with Gasteiger partial charge in [-0.2, -0.15) is 0 Å². The fourth-order valence-electron chi connectivity index (χ4n) is 3.37. The van der Waals surface area contributed by atoms with Crippen LogP contribution in [-0.4, -0.2) is 41.8 Å². The van der Waals surface area contributed by atoms with E-state index in [1.165, 1.54) is 0 Å². The highest BCUT2D eigenvalue weighted by Crippen LogP contribution is 2.26. The second-order valence-electron chi connectivity index (χ2n) is 7.34. The van der Waals surface area contributed by atoms with E-state index in [1.54, 1.807) is 29.2 Å². The smallest absolute Gasteiger partial charge is 0.303 e. The van der Waals surface area contributed by atoms with Crippen LogP contribution in [-0.2, 0) is 14.4 Å². The third-order valence-corrected chi connectivity index (χ3v) is 4.95. The molecule has 0 aromatic heterocycles. The number of anilines is 1. The number of hydrogen-bond acceptors (Lipinski definition) is 4. The van der Waals surface area contributed by atoms with Crippen molar-refractivity contribution in [1.29, 1.82) is 5.41 Å². The van der Waals surface area contributed by atoms with Gasteiger partial charge in [-0.1, -0.05) is 6.92 Å². The van der Waals surface area contributed by atoms with Gasteiger partial charge in [0.2, 0.25) is 11.8 Å². The number of amides is 2. The summed E-state index contributed by atoms with van der Waals surface area (Å²) < 4.78 is 0. The van der Waals surface area contributed by atoms with Crippen molar-refractivity contribution in [3.05, 3.63) is 29.8 Å².